The van der Waals surface area contributed by atoms with E-state index in [4.69, 9.17) is 0 Å². The van der Waals surface area contributed by atoms with Crippen LogP contribution >= 0.6 is 31.9 Å². The fourth-order valence-electron chi connectivity index (χ4n) is 1.19. The zero-order valence-corrected chi connectivity index (χ0v) is 14.2. The molecule has 0 rings (SSSR count). The number of ether oxygens (including phenoxy) is 2. The highest BCUT2D eigenvalue weighted by atomic mass is 79.9. The summed E-state index contributed by atoms with van der Waals surface area (Å²) in [5.74, 6) is 0. The van der Waals surface area contributed by atoms with Gasteiger partial charge in [-0.3, -0.25) is 0 Å². The Morgan fingerprint density at radius 1 is 0.818 bits per heavy atom. The summed E-state index contributed by atoms with van der Waals surface area (Å²) in [7, 11) is 0. The Morgan fingerprint density at radius 2 is 1.27 bits per heavy atom. The van der Waals surface area contributed by atoms with E-state index >= 15 is 0 Å². The topological polar surface area (TPSA) is 18.5 Å². The van der Waals surface area contributed by atoms with Gasteiger partial charge in [0.25, 0.3) is 0 Å². The van der Waals surface area contributed by atoms with E-state index in [0.29, 0.717) is 0 Å². The van der Waals surface area contributed by atoms with Gasteiger partial charge in [0.1, 0.15) is 0 Å². The second-order valence-electron chi connectivity index (χ2n) is 4.30. The number of alkyl halides is 10. The Morgan fingerprint density at radius 3 is 1.68 bits per heavy atom. The van der Waals surface area contributed by atoms with Crippen LogP contribution in [-0.4, -0.2) is 34.6 Å². The molecule has 0 aromatic carbocycles. The minimum absolute atomic E-state index is 0.0327. The van der Waals surface area contributed by atoms with E-state index in [1.165, 1.54) is 31.9 Å². The maximum atomic E-state index is 12.8. The zero-order valence-electron chi connectivity index (χ0n) is 11.0. The summed E-state index contributed by atoms with van der Waals surface area (Å²) in [6.45, 7) is 0.306. The van der Waals surface area contributed by atoms with E-state index < -0.39 is 34.6 Å². The predicted molar refractivity (Wildman–Crippen MR) is 68.0 cm³/mol. The molecule has 2 nitrogen and oxygen atoms in total. The first kappa shape index (κ1) is 22.3. The quantitative estimate of drug-likeness (QED) is 0.228. The van der Waals surface area contributed by atoms with Crippen molar-refractivity contribution in [1.82, 2.24) is 0 Å². The maximum Gasteiger partial charge on any atom is 0.430 e. The second-order valence-corrected chi connectivity index (χ2v) is 6.29. The summed E-state index contributed by atoms with van der Waals surface area (Å²) in [4.78, 5) is -9.10. The molecule has 0 N–H and O–H groups in total. The molecule has 0 fully saturated rings. The molecule has 0 bridgehead atoms. The van der Waals surface area contributed by atoms with Gasteiger partial charge in [-0.2, -0.15) is 35.1 Å². The van der Waals surface area contributed by atoms with Gasteiger partial charge in [0.15, 0.2) is 0 Å². The van der Waals surface area contributed by atoms with Crippen molar-refractivity contribution in [2.24, 2.45) is 0 Å². The normalized spacial score (nSPS) is 16.0. The maximum absolute atomic E-state index is 12.8. The van der Waals surface area contributed by atoms with Crippen molar-refractivity contribution in [3.8, 4) is 0 Å². The van der Waals surface area contributed by atoms with Gasteiger partial charge in [-0.1, -0.05) is 0 Å². The van der Waals surface area contributed by atoms with E-state index in [2.05, 4.69) is 9.47 Å². The third-order valence-corrected chi connectivity index (χ3v) is 3.22. The van der Waals surface area contributed by atoms with Gasteiger partial charge < -0.3 is 9.47 Å². The fraction of sp³-hybridized carbons (Fsp3) is 1.00. The van der Waals surface area contributed by atoms with E-state index in [1.807, 2.05) is 0 Å². The van der Waals surface area contributed by atoms with Crippen LogP contribution in [0.25, 0.3) is 0 Å². The number of rotatable bonds is 10. The summed E-state index contributed by atoms with van der Waals surface area (Å²) in [5.41, 5.74) is 0. The molecule has 1 atom stereocenters. The highest BCUT2D eigenvalue weighted by molar-refractivity contribution is 9.10. The number of hydrogen-bond acceptors (Lipinski definition) is 2. The first-order valence-electron chi connectivity index (χ1n) is 5.81. The summed E-state index contributed by atoms with van der Waals surface area (Å²) in [6.07, 6.45) is -11.2. The Kier molecular flexibility index (Phi) is 8.04. The summed E-state index contributed by atoms with van der Waals surface area (Å²) >= 11 is 2.93. The van der Waals surface area contributed by atoms with Gasteiger partial charge in [-0.15, -0.1) is 0 Å². The highest BCUT2D eigenvalue weighted by Gasteiger charge is 2.57. The number of hydrogen-bond donors (Lipinski definition) is 0. The van der Waals surface area contributed by atoms with E-state index in [1.54, 1.807) is 0 Å². The second kappa shape index (κ2) is 7.93. The molecule has 0 saturated heterocycles. The Hall–Kier alpha value is 0.320. The summed E-state index contributed by atoms with van der Waals surface area (Å²) in [5, 5.41) is 0. The van der Waals surface area contributed by atoms with Crippen molar-refractivity contribution < 1.29 is 44.6 Å². The molecule has 1 unspecified atom stereocenters. The molecule has 0 radical (unpaired) electrons. The largest absolute Gasteiger partial charge is 0.430 e. The fourth-order valence-corrected chi connectivity index (χ4v) is 1.40. The molecule has 0 spiro atoms. The molecule has 0 aliphatic carbocycles. The van der Waals surface area contributed by atoms with Crippen molar-refractivity contribution in [3.63, 3.8) is 0 Å². The molecule has 0 aliphatic rings. The highest BCUT2D eigenvalue weighted by Crippen LogP contribution is 2.41. The number of halogens is 10. The molecule has 0 heterocycles. The average Bonchev–Trinajstić information content (AvgIpc) is 2.24. The smallest absolute Gasteiger partial charge is 0.315 e. The van der Waals surface area contributed by atoms with Crippen LogP contribution < -0.4 is 0 Å². The monoisotopic (exact) mass is 474 g/mol. The average molecular weight is 476 g/mol. The van der Waals surface area contributed by atoms with Gasteiger partial charge in [0, 0.05) is 31.9 Å². The number of unbranched alkanes of at least 4 members (excludes halogenated alkanes) is 1. The third kappa shape index (κ3) is 7.26. The molecular weight excluding hydrogens is 464 g/mol. The molecule has 0 aromatic heterocycles. The van der Waals surface area contributed by atoms with Crippen LogP contribution in [0, 0.1) is 0 Å². The molecule has 22 heavy (non-hydrogen) atoms. The molecule has 0 aromatic rings. The van der Waals surface area contributed by atoms with Crippen molar-refractivity contribution in [3.05, 3.63) is 0 Å². The zero-order chi connectivity index (χ0) is 17.8. The SMILES string of the molecule is CC(CCCCOC(F)(F)C(F)(F)Br)OC(F)(F)C(F)(F)Br. The Balaban J connectivity index is 4.04. The van der Waals surface area contributed by atoms with Gasteiger partial charge in [-0.25, -0.2) is 0 Å². The molecular formula is C10H12Br2F8O2. The van der Waals surface area contributed by atoms with Crippen molar-refractivity contribution in [2.45, 2.75) is 54.2 Å². The van der Waals surface area contributed by atoms with Crippen LogP contribution in [0.15, 0.2) is 0 Å². The van der Waals surface area contributed by atoms with Crippen molar-refractivity contribution in [1.29, 1.82) is 0 Å². The lowest BCUT2D eigenvalue weighted by Gasteiger charge is -2.25. The summed E-state index contributed by atoms with van der Waals surface area (Å²) in [6, 6.07) is 0. The first-order valence-corrected chi connectivity index (χ1v) is 7.39. The van der Waals surface area contributed by atoms with Crippen LogP contribution in [0.4, 0.5) is 35.1 Å². The Bertz CT molecular complexity index is 343. The lowest BCUT2D eigenvalue weighted by molar-refractivity contribution is -0.327. The van der Waals surface area contributed by atoms with Crippen LogP contribution in [0.2, 0.25) is 0 Å². The van der Waals surface area contributed by atoms with Gasteiger partial charge in [0.2, 0.25) is 0 Å². The van der Waals surface area contributed by atoms with Gasteiger partial charge >= 0.3 is 21.9 Å². The Labute approximate surface area is 137 Å². The minimum atomic E-state index is -4.74. The lowest BCUT2D eigenvalue weighted by atomic mass is 10.2. The summed E-state index contributed by atoms with van der Waals surface area (Å²) < 4.78 is 108. The first-order chi connectivity index (χ1) is 9.60. The van der Waals surface area contributed by atoms with E-state index in [9.17, 15) is 35.1 Å². The van der Waals surface area contributed by atoms with Gasteiger partial charge in [-0.05, 0) is 26.2 Å². The van der Waals surface area contributed by atoms with Crippen molar-refractivity contribution in [2.75, 3.05) is 6.61 Å². The predicted octanol–water partition coefficient (Wildman–Crippen LogP) is 5.74. The molecule has 134 valence electrons. The van der Waals surface area contributed by atoms with Crippen LogP contribution in [0.3, 0.4) is 0 Å². The van der Waals surface area contributed by atoms with Crippen LogP contribution in [-0.2, 0) is 9.47 Å². The van der Waals surface area contributed by atoms with Crippen LogP contribution in [0.1, 0.15) is 26.2 Å². The molecule has 0 aliphatic heterocycles. The molecule has 0 amide bonds. The standard InChI is InChI=1S/C10H12Br2F8O2/c1-6(22-10(19,20)8(12,15)16)4-2-3-5-21-9(17,18)7(11,13)14/h6H,2-5H2,1H3. The lowest BCUT2D eigenvalue weighted by Crippen LogP contribution is -2.40. The third-order valence-electron chi connectivity index (χ3n) is 2.30. The van der Waals surface area contributed by atoms with Crippen molar-refractivity contribution >= 4 is 31.9 Å². The van der Waals surface area contributed by atoms with E-state index in [-0.39, 0.29) is 19.3 Å². The molecule has 12 heteroatoms. The van der Waals surface area contributed by atoms with E-state index in [0.717, 1.165) is 6.92 Å². The van der Waals surface area contributed by atoms with Gasteiger partial charge in [0.05, 0.1) is 12.7 Å². The minimum Gasteiger partial charge on any atom is -0.315 e. The van der Waals surface area contributed by atoms with Crippen LogP contribution in [0.5, 0.6) is 0 Å². The molecule has 0 saturated carbocycles.